The Hall–Kier alpha value is -3.16. The van der Waals surface area contributed by atoms with E-state index in [9.17, 15) is 27.2 Å². The van der Waals surface area contributed by atoms with Gasteiger partial charge in [0.25, 0.3) is 0 Å². The molecule has 1 atom stereocenters. The highest BCUT2D eigenvalue weighted by Crippen LogP contribution is 2.34. The van der Waals surface area contributed by atoms with E-state index >= 15 is 0 Å². The van der Waals surface area contributed by atoms with Crippen LogP contribution in [-0.4, -0.2) is 31.0 Å². The van der Waals surface area contributed by atoms with Crippen LogP contribution in [-0.2, 0) is 11.2 Å². The van der Waals surface area contributed by atoms with Gasteiger partial charge in [0, 0.05) is 24.1 Å². The molecule has 2 aromatic carbocycles. The number of alkyl halides is 3. The molecule has 0 heterocycles. The average molecular weight is 449 g/mol. The lowest BCUT2D eigenvalue weighted by molar-refractivity contribution is -0.173. The summed E-state index contributed by atoms with van der Waals surface area (Å²) in [4.78, 5) is 23.6. The molecule has 32 heavy (non-hydrogen) atoms. The summed E-state index contributed by atoms with van der Waals surface area (Å²) in [6, 6.07) is 14.5. The maximum Gasteiger partial charge on any atom is 0.471 e. The van der Waals surface area contributed by atoms with Gasteiger partial charge in [0.15, 0.2) is 5.78 Å². The lowest BCUT2D eigenvalue weighted by Crippen LogP contribution is -2.38. The Bertz CT molecular complexity index is 983. The van der Waals surface area contributed by atoms with Gasteiger partial charge in [0.1, 0.15) is 12.4 Å². The number of carbonyl (C=O) groups excluding carboxylic acids is 2. The van der Waals surface area contributed by atoms with Gasteiger partial charge in [-0.1, -0.05) is 24.3 Å². The van der Waals surface area contributed by atoms with Crippen LogP contribution in [0.3, 0.4) is 0 Å². The van der Waals surface area contributed by atoms with Crippen LogP contribution >= 0.6 is 0 Å². The first-order valence-electron chi connectivity index (χ1n) is 10.2. The lowest BCUT2D eigenvalue weighted by Gasteiger charge is -2.25. The van der Waals surface area contributed by atoms with Crippen molar-refractivity contribution < 1.29 is 31.9 Å². The largest absolute Gasteiger partial charge is 0.489 e. The summed E-state index contributed by atoms with van der Waals surface area (Å²) in [5.74, 6) is -1.63. The van der Waals surface area contributed by atoms with Crippen LogP contribution in [0.1, 0.15) is 46.7 Å². The number of amides is 1. The van der Waals surface area contributed by atoms with E-state index in [2.05, 4.69) is 12.1 Å². The number of Topliss-reactive ketones (excluding diaryl/α,β-unsaturated/α-hetero) is 1. The standard InChI is InChI=1S/C24H23F4NO3/c25-13-16(14-29-23(31)24(26,27)28)15-32-20-10-8-18(9-11-20)22(30)12-19-6-3-5-17-4-1-2-7-21(17)19/h1-2,4,7-11,13,19H,3,5-6,12,14-15H2,(H,29,31)/b16-13+/t19-/m1/s1. The Kier molecular flexibility index (Phi) is 7.66. The van der Waals surface area contributed by atoms with E-state index in [1.54, 1.807) is 29.6 Å². The molecule has 1 aliphatic rings. The lowest BCUT2D eigenvalue weighted by atomic mass is 9.79. The molecule has 4 nitrogen and oxygen atoms in total. The molecule has 3 rings (SSSR count). The smallest absolute Gasteiger partial charge is 0.471 e. The van der Waals surface area contributed by atoms with Crippen molar-refractivity contribution in [3.8, 4) is 5.75 Å². The number of carbonyl (C=O) groups is 2. The van der Waals surface area contributed by atoms with E-state index in [0.29, 0.717) is 17.7 Å². The predicted octanol–water partition coefficient (Wildman–Crippen LogP) is 5.29. The Morgan fingerprint density at radius 3 is 2.50 bits per heavy atom. The third-order valence-corrected chi connectivity index (χ3v) is 5.41. The molecule has 1 aliphatic carbocycles. The summed E-state index contributed by atoms with van der Waals surface area (Å²) >= 11 is 0. The summed E-state index contributed by atoms with van der Waals surface area (Å²) in [5, 5.41) is 1.58. The van der Waals surface area contributed by atoms with Crippen molar-refractivity contribution in [3.05, 3.63) is 77.1 Å². The van der Waals surface area contributed by atoms with Gasteiger partial charge >= 0.3 is 12.1 Å². The highest BCUT2D eigenvalue weighted by molar-refractivity contribution is 5.96. The third kappa shape index (κ3) is 6.18. The van der Waals surface area contributed by atoms with Gasteiger partial charge < -0.3 is 10.1 Å². The Morgan fingerprint density at radius 1 is 1.09 bits per heavy atom. The minimum atomic E-state index is -5.04. The fraction of sp³-hybridized carbons (Fsp3) is 0.333. The van der Waals surface area contributed by atoms with Crippen molar-refractivity contribution in [2.75, 3.05) is 13.2 Å². The van der Waals surface area contributed by atoms with Gasteiger partial charge in [0.05, 0.1) is 6.33 Å². The maximum atomic E-state index is 12.9. The number of ether oxygens (including phenoxy) is 1. The van der Waals surface area contributed by atoms with Crippen LogP contribution in [0.5, 0.6) is 5.75 Å². The molecule has 0 saturated carbocycles. The molecule has 0 aliphatic heterocycles. The molecule has 0 aromatic heterocycles. The van der Waals surface area contributed by atoms with Gasteiger partial charge in [-0.15, -0.1) is 0 Å². The van der Waals surface area contributed by atoms with Crippen molar-refractivity contribution in [1.82, 2.24) is 5.32 Å². The number of halogens is 4. The normalized spacial score (nSPS) is 16.2. The molecule has 8 heteroatoms. The van der Waals surface area contributed by atoms with E-state index < -0.39 is 18.6 Å². The summed E-state index contributed by atoms with van der Waals surface area (Å²) in [6.07, 6.45) is -1.49. The molecule has 1 amide bonds. The first kappa shape index (κ1) is 23.5. The van der Waals surface area contributed by atoms with E-state index in [-0.39, 0.29) is 30.2 Å². The topological polar surface area (TPSA) is 55.4 Å². The maximum absolute atomic E-state index is 12.9. The number of hydrogen-bond acceptors (Lipinski definition) is 3. The highest BCUT2D eigenvalue weighted by atomic mass is 19.4. The number of hydrogen-bond donors (Lipinski definition) is 1. The molecule has 0 spiro atoms. The number of aryl methyl sites for hydroxylation is 1. The summed E-state index contributed by atoms with van der Waals surface area (Å²) in [5.41, 5.74) is 2.89. The van der Waals surface area contributed by atoms with Crippen LogP contribution in [0.4, 0.5) is 17.6 Å². The van der Waals surface area contributed by atoms with Crippen LogP contribution in [0.15, 0.2) is 60.4 Å². The van der Waals surface area contributed by atoms with E-state index in [1.807, 2.05) is 12.1 Å². The zero-order valence-electron chi connectivity index (χ0n) is 17.3. The monoisotopic (exact) mass is 449 g/mol. The average Bonchev–Trinajstić information content (AvgIpc) is 2.79. The third-order valence-electron chi connectivity index (χ3n) is 5.41. The summed E-state index contributed by atoms with van der Waals surface area (Å²) in [6.45, 7) is -0.977. The van der Waals surface area contributed by atoms with Gasteiger partial charge in [-0.25, -0.2) is 4.39 Å². The van der Waals surface area contributed by atoms with Crippen molar-refractivity contribution in [3.63, 3.8) is 0 Å². The van der Waals surface area contributed by atoms with Gasteiger partial charge in [0.2, 0.25) is 0 Å². The molecule has 1 N–H and O–H groups in total. The molecule has 0 fully saturated rings. The summed E-state index contributed by atoms with van der Waals surface area (Å²) < 4.78 is 54.8. The second kappa shape index (κ2) is 10.4. The molecular weight excluding hydrogens is 426 g/mol. The summed E-state index contributed by atoms with van der Waals surface area (Å²) in [7, 11) is 0. The van der Waals surface area contributed by atoms with E-state index in [0.717, 1.165) is 19.3 Å². The molecular formula is C24H23F4NO3. The van der Waals surface area contributed by atoms with Crippen molar-refractivity contribution in [2.24, 2.45) is 0 Å². The number of nitrogens with one attached hydrogen (secondary N) is 1. The SMILES string of the molecule is O=C(C[C@H]1CCCc2ccccc21)c1ccc(OC/C(=C/F)CNC(=O)C(F)(F)F)cc1. The number of fused-ring (bicyclic) bond motifs is 1. The predicted molar refractivity (Wildman–Crippen MR) is 111 cm³/mol. The number of benzene rings is 2. The van der Waals surface area contributed by atoms with Crippen LogP contribution in [0, 0.1) is 0 Å². The molecule has 0 unspecified atom stereocenters. The van der Waals surface area contributed by atoms with Crippen LogP contribution in [0.2, 0.25) is 0 Å². The van der Waals surface area contributed by atoms with Crippen molar-refractivity contribution in [2.45, 2.75) is 37.8 Å². The van der Waals surface area contributed by atoms with Crippen LogP contribution < -0.4 is 10.1 Å². The minimum Gasteiger partial charge on any atom is -0.489 e. The fourth-order valence-corrected chi connectivity index (χ4v) is 3.74. The first-order valence-corrected chi connectivity index (χ1v) is 10.2. The van der Waals surface area contributed by atoms with Gasteiger partial charge in [-0.2, -0.15) is 13.2 Å². The van der Waals surface area contributed by atoms with Gasteiger partial charge in [-0.05, 0) is 60.6 Å². The molecule has 0 radical (unpaired) electrons. The second-order valence-corrected chi connectivity index (χ2v) is 7.68. The Balaban J connectivity index is 1.53. The van der Waals surface area contributed by atoms with Gasteiger partial charge in [-0.3, -0.25) is 9.59 Å². The Morgan fingerprint density at radius 2 is 1.81 bits per heavy atom. The zero-order valence-corrected chi connectivity index (χ0v) is 17.3. The molecule has 2 aromatic rings. The zero-order chi connectivity index (χ0) is 23.1. The molecule has 0 bridgehead atoms. The fourth-order valence-electron chi connectivity index (χ4n) is 3.74. The van der Waals surface area contributed by atoms with E-state index in [4.69, 9.17) is 4.74 Å². The van der Waals surface area contributed by atoms with Crippen LogP contribution in [0.25, 0.3) is 0 Å². The highest BCUT2D eigenvalue weighted by Gasteiger charge is 2.38. The number of rotatable bonds is 8. The molecule has 0 saturated heterocycles. The minimum absolute atomic E-state index is 0.0115. The molecule has 170 valence electrons. The van der Waals surface area contributed by atoms with Crippen molar-refractivity contribution >= 4 is 11.7 Å². The first-order chi connectivity index (χ1) is 15.3. The number of ketones is 1. The van der Waals surface area contributed by atoms with E-state index in [1.165, 1.54) is 11.1 Å². The Labute approximate surface area is 183 Å². The quantitative estimate of drug-likeness (QED) is 0.440. The van der Waals surface area contributed by atoms with Crippen molar-refractivity contribution in [1.29, 1.82) is 0 Å². The second-order valence-electron chi connectivity index (χ2n) is 7.68.